The van der Waals surface area contributed by atoms with Gasteiger partial charge in [0.2, 0.25) is 5.95 Å². The van der Waals surface area contributed by atoms with Crippen molar-refractivity contribution in [3.05, 3.63) is 41.6 Å². The van der Waals surface area contributed by atoms with Gasteiger partial charge in [0.15, 0.2) is 0 Å². The van der Waals surface area contributed by atoms with Crippen molar-refractivity contribution in [2.75, 3.05) is 17.2 Å². The third-order valence-electron chi connectivity index (χ3n) is 3.06. The molecule has 2 aromatic rings. The van der Waals surface area contributed by atoms with Crippen molar-refractivity contribution in [1.82, 2.24) is 9.97 Å². The van der Waals surface area contributed by atoms with Crippen molar-refractivity contribution in [3.8, 4) is 0 Å². The lowest BCUT2D eigenvalue weighted by atomic mass is 10.0. The van der Waals surface area contributed by atoms with Gasteiger partial charge in [0, 0.05) is 17.4 Å². The minimum Gasteiger partial charge on any atom is -0.399 e. The number of aromatic nitrogens is 2. The second-order valence-corrected chi connectivity index (χ2v) is 4.59. The smallest absolute Gasteiger partial charge is 0.221 e. The highest BCUT2D eigenvalue weighted by Crippen LogP contribution is 2.14. The van der Waals surface area contributed by atoms with E-state index in [-0.39, 0.29) is 30.8 Å². The average molecular weight is 330 g/mol. The predicted molar refractivity (Wildman–Crippen MR) is 92.8 cm³/mol. The van der Waals surface area contributed by atoms with Crippen LogP contribution in [0.1, 0.15) is 24.0 Å². The molecule has 6 N–H and O–H groups in total. The first kappa shape index (κ1) is 19.3. The first-order valence-electron chi connectivity index (χ1n) is 6.36. The molecule has 0 spiro atoms. The maximum atomic E-state index is 5.79. The molecular weight excluding hydrogens is 309 g/mol. The van der Waals surface area contributed by atoms with Crippen molar-refractivity contribution < 1.29 is 0 Å². The van der Waals surface area contributed by atoms with Crippen molar-refractivity contribution in [2.45, 2.75) is 25.7 Å². The summed E-state index contributed by atoms with van der Waals surface area (Å²) in [5, 5.41) is 0. The van der Waals surface area contributed by atoms with Crippen molar-refractivity contribution >= 4 is 42.3 Å². The summed E-state index contributed by atoms with van der Waals surface area (Å²) >= 11 is 0. The number of aryl methyl sites for hydroxylation is 2. The van der Waals surface area contributed by atoms with E-state index in [9.17, 15) is 0 Å². The van der Waals surface area contributed by atoms with E-state index >= 15 is 0 Å². The summed E-state index contributed by atoms with van der Waals surface area (Å²) in [6.45, 7) is 0. The zero-order chi connectivity index (χ0) is 13.7. The van der Waals surface area contributed by atoms with Gasteiger partial charge < -0.3 is 17.2 Å². The number of halogens is 2. The second kappa shape index (κ2) is 9.26. The topological polar surface area (TPSA) is 104 Å². The monoisotopic (exact) mass is 329 g/mol. The van der Waals surface area contributed by atoms with Gasteiger partial charge in [0.05, 0.1) is 0 Å². The SMILES string of the molecule is Cl.Cl.Nc1ccc(CCCCc2cnc(N)nc2N)cc1. The van der Waals surface area contributed by atoms with Crippen molar-refractivity contribution in [3.63, 3.8) is 0 Å². The largest absolute Gasteiger partial charge is 0.399 e. The first-order valence-corrected chi connectivity index (χ1v) is 6.36. The maximum absolute atomic E-state index is 5.79. The molecule has 5 nitrogen and oxygen atoms in total. The molecule has 0 aliphatic carbocycles. The molecule has 2 rings (SSSR count). The van der Waals surface area contributed by atoms with E-state index in [2.05, 4.69) is 22.1 Å². The number of nitrogen functional groups attached to an aromatic ring is 3. The Hall–Kier alpha value is -1.72. The molecule has 0 amide bonds. The molecule has 0 bridgehead atoms. The summed E-state index contributed by atoms with van der Waals surface area (Å²) in [5.41, 5.74) is 20.0. The third-order valence-corrected chi connectivity index (χ3v) is 3.06. The molecule has 21 heavy (non-hydrogen) atoms. The lowest BCUT2D eigenvalue weighted by molar-refractivity contribution is 0.732. The molecule has 1 aromatic heterocycles. The Morgan fingerprint density at radius 2 is 1.48 bits per heavy atom. The van der Waals surface area contributed by atoms with Crippen LogP contribution < -0.4 is 17.2 Å². The molecule has 0 saturated heterocycles. The molecular formula is C14H21Cl2N5. The molecule has 1 aromatic carbocycles. The van der Waals surface area contributed by atoms with Crippen LogP contribution in [0.15, 0.2) is 30.5 Å². The van der Waals surface area contributed by atoms with Gasteiger partial charge in [-0.2, -0.15) is 4.98 Å². The molecule has 1 heterocycles. The Morgan fingerprint density at radius 3 is 2.10 bits per heavy atom. The van der Waals surface area contributed by atoms with Crippen LogP contribution in [-0.2, 0) is 12.8 Å². The van der Waals surface area contributed by atoms with Crippen LogP contribution in [0.3, 0.4) is 0 Å². The zero-order valence-corrected chi connectivity index (χ0v) is 13.3. The van der Waals surface area contributed by atoms with Crippen LogP contribution in [0.5, 0.6) is 0 Å². The van der Waals surface area contributed by atoms with Gasteiger partial charge in [-0.1, -0.05) is 12.1 Å². The van der Waals surface area contributed by atoms with Gasteiger partial charge in [-0.3, -0.25) is 0 Å². The van der Waals surface area contributed by atoms with Gasteiger partial charge in [-0.25, -0.2) is 4.98 Å². The van der Waals surface area contributed by atoms with Crippen LogP contribution in [0.2, 0.25) is 0 Å². The minimum absolute atomic E-state index is 0. The number of nitrogens with zero attached hydrogens (tertiary/aromatic N) is 2. The van der Waals surface area contributed by atoms with E-state index in [1.165, 1.54) is 5.56 Å². The lowest BCUT2D eigenvalue weighted by Gasteiger charge is -2.05. The van der Waals surface area contributed by atoms with Gasteiger partial charge in [0.1, 0.15) is 5.82 Å². The van der Waals surface area contributed by atoms with Crippen LogP contribution in [0.25, 0.3) is 0 Å². The Kier molecular flexibility index (Phi) is 8.50. The van der Waals surface area contributed by atoms with Gasteiger partial charge in [-0.15, -0.1) is 24.8 Å². The Balaban J connectivity index is 0.00000200. The number of nitrogens with two attached hydrogens (primary N) is 3. The fraction of sp³-hybridized carbons (Fsp3) is 0.286. The normalized spacial score (nSPS) is 9.52. The highest BCUT2D eigenvalue weighted by atomic mass is 35.5. The van der Waals surface area contributed by atoms with Gasteiger partial charge >= 0.3 is 0 Å². The van der Waals surface area contributed by atoms with E-state index < -0.39 is 0 Å². The standard InChI is InChI=1S/C14H19N5.2ClH/c15-12-7-5-10(6-8-12)3-1-2-4-11-9-18-14(17)19-13(11)16;;/h5-9H,1-4,15H2,(H4,16,17,18,19);2*1H. The Bertz CT molecular complexity index is 546. The zero-order valence-electron chi connectivity index (χ0n) is 11.7. The lowest BCUT2D eigenvalue weighted by Crippen LogP contribution is -2.03. The van der Waals surface area contributed by atoms with E-state index in [0.717, 1.165) is 36.9 Å². The van der Waals surface area contributed by atoms with E-state index in [1.54, 1.807) is 6.20 Å². The predicted octanol–water partition coefficient (Wildman–Crippen LogP) is 2.63. The summed E-state index contributed by atoms with van der Waals surface area (Å²) in [4.78, 5) is 7.91. The molecule has 0 radical (unpaired) electrons. The summed E-state index contributed by atoms with van der Waals surface area (Å²) in [5.74, 6) is 0.711. The molecule has 116 valence electrons. The van der Waals surface area contributed by atoms with E-state index in [4.69, 9.17) is 17.2 Å². The van der Waals surface area contributed by atoms with E-state index in [0.29, 0.717) is 5.82 Å². The van der Waals surface area contributed by atoms with Crippen LogP contribution in [0.4, 0.5) is 17.5 Å². The highest BCUT2D eigenvalue weighted by Gasteiger charge is 2.02. The third kappa shape index (κ3) is 6.06. The second-order valence-electron chi connectivity index (χ2n) is 4.59. The molecule has 0 aliphatic rings. The average Bonchev–Trinajstić information content (AvgIpc) is 2.39. The number of hydrogen-bond acceptors (Lipinski definition) is 5. The summed E-state index contributed by atoms with van der Waals surface area (Å²) in [6.07, 6.45) is 5.76. The summed E-state index contributed by atoms with van der Waals surface area (Å²) in [6, 6.07) is 7.99. The van der Waals surface area contributed by atoms with Crippen LogP contribution >= 0.6 is 24.8 Å². The highest BCUT2D eigenvalue weighted by molar-refractivity contribution is 5.85. The number of rotatable bonds is 5. The molecule has 0 aliphatic heterocycles. The number of hydrogen-bond donors (Lipinski definition) is 3. The Morgan fingerprint density at radius 1 is 0.857 bits per heavy atom. The van der Waals surface area contributed by atoms with Gasteiger partial charge in [-0.05, 0) is 43.4 Å². The van der Waals surface area contributed by atoms with Crippen molar-refractivity contribution in [1.29, 1.82) is 0 Å². The Labute approximate surface area is 137 Å². The molecule has 7 heteroatoms. The van der Waals surface area contributed by atoms with Crippen LogP contribution in [0, 0.1) is 0 Å². The van der Waals surface area contributed by atoms with E-state index in [1.807, 2.05) is 12.1 Å². The van der Waals surface area contributed by atoms with Crippen molar-refractivity contribution in [2.24, 2.45) is 0 Å². The molecule has 0 unspecified atom stereocenters. The number of benzene rings is 1. The number of anilines is 3. The number of unbranched alkanes of at least 4 members (excludes halogenated alkanes) is 1. The molecule has 0 atom stereocenters. The summed E-state index contributed by atoms with van der Waals surface area (Å²) < 4.78 is 0. The van der Waals surface area contributed by atoms with Gasteiger partial charge in [0.25, 0.3) is 0 Å². The molecule has 0 fully saturated rings. The van der Waals surface area contributed by atoms with Crippen LogP contribution in [-0.4, -0.2) is 9.97 Å². The fourth-order valence-electron chi connectivity index (χ4n) is 1.96. The fourth-order valence-corrected chi connectivity index (χ4v) is 1.96. The summed E-state index contributed by atoms with van der Waals surface area (Å²) in [7, 11) is 0. The quantitative estimate of drug-likeness (QED) is 0.577. The minimum atomic E-state index is 0. The maximum Gasteiger partial charge on any atom is 0.221 e. The first-order chi connectivity index (χ1) is 9.15. The molecule has 0 saturated carbocycles.